The van der Waals surface area contributed by atoms with E-state index in [0.717, 1.165) is 11.2 Å². The minimum absolute atomic E-state index is 0.823. The minimum atomic E-state index is 0.823. The van der Waals surface area contributed by atoms with Gasteiger partial charge in [-0.25, -0.2) is 0 Å². The molecule has 0 spiro atoms. The van der Waals surface area contributed by atoms with Crippen LogP contribution in [0.1, 0.15) is 38.5 Å². The van der Waals surface area contributed by atoms with Crippen molar-refractivity contribution in [3.8, 4) is 0 Å². The van der Waals surface area contributed by atoms with Crippen molar-refractivity contribution < 1.29 is 0 Å². The molecule has 2 heteroatoms. The highest BCUT2D eigenvalue weighted by Crippen LogP contribution is 2.06. The molecule has 0 amide bonds. The molecule has 0 nitrogen and oxygen atoms in total. The lowest BCUT2D eigenvalue weighted by molar-refractivity contribution is 0.639. The first-order chi connectivity index (χ1) is 5.91. The maximum absolute atomic E-state index is 5.57. The Morgan fingerprint density at radius 1 is 0.917 bits per heavy atom. The molecule has 0 saturated heterocycles. The van der Waals surface area contributed by atoms with E-state index in [-0.39, 0.29) is 0 Å². The summed E-state index contributed by atoms with van der Waals surface area (Å²) in [4.78, 5) is 0. The van der Waals surface area contributed by atoms with E-state index in [0.29, 0.717) is 0 Å². The molecule has 0 atom stereocenters. The molecule has 0 aliphatic carbocycles. The van der Waals surface area contributed by atoms with Gasteiger partial charge >= 0.3 is 0 Å². The van der Waals surface area contributed by atoms with Gasteiger partial charge in [0.05, 0.1) is 0 Å². The zero-order valence-corrected chi connectivity index (χ0v) is 9.91. The summed E-state index contributed by atoms with van der Waals surface area (Å²) in [6.07, 6.45) is 12.1. The normalized spacial score (nSPS) is 11.2. The van der Waals surface area contributed by atoms with Gasteiger partial charge in [-0.05, 0) is 19.3 Å². The second-order valence-corrected chi connectivity index (χ2v) is 3.90. The monoisotopic (exact) mass is 252 g/mol. The van der Waals surface area contributed by atoms with Gasteiger partial charge in [0.15, 0.2) is 0 Å². The molecule has 0 unspecified atom stereocenters. The van der Waals surface area contributed by atoms with E-state index in [2.05, 4.69) is 28.1 Å². The molecule has 0 aliphatic rings. The standard InChI is InChI=1S/C10H18BrCl/c11-9-7-5-3-1-2-4-6-8-10-12/h5,7H,1-4,6,8-10H2. The van der Waals surface area contributed by atoms with Crippen molar-refractivity contribution in [1.29, 1.82) is 0 Å². The van der Waals surface area contributed by atoms with Crippen molar-refractivity contribution in [2.45, 2.75) is 38.5 Å². The van der Waals surface area contributed by atoms with Crippen LogP contribution in [-0.4, -0.2) is 11.2 Å². The van der Waals surface area contributed by atoms with Crippen LogP contribution >= 0.6 is 27.5 Å². The van der Waals surface area contributed by atoms with Crippen LogP contribution in [-0.2, 0) is 0 Å². The molecule has 0 radical (unpaired) electrons. The van der Waals surface area contributed by atoms with Crippen LogP contribution in [0.2, 0.25) is 0 Å². The van der Waals surface area contributed by atoms with Crippen molar-refractivity contribution in [2.75, 3.05) is 11.2 Å². The van der Waals surface area contributed by atoms with Gasteiger partial charge < -0.3 is 0 Å². The van der Waals surface area contributed by atoms with Crippen molar-refractivity contribution >= 4 is 27.5 Å². The fourth-order valence-corrected chi connectivity index (χ4v) is 1.52. The van der Waals surface area contributed by atoms with Gasteiger partial charge in [-0.2, -0.15) is 0 Å². The molecule has 0 saturated carbocycles. The van der Waals surface area contributed by atoms with Crippen LogP contribution < -0.4 is 0 Å². The molecule has 0 bridgehead atoms. The van der Waals surface area contributed by atoms with E-state index in [4.69, 9.17) is 11.6 Å². The first-order valence-electron chi connectivity index (χ1n) is 4.68. The van der Waals surface area contributed by atoms with Crippen molar-refractivity contribution in [3.63, 3.8) is 0 Å². The number of rotatable bonds is 8. The van der Waals surface area contributed by atoms with Gasteiger partial charge in [-0.1, -0.05) is 47.3 Å². The van der Waals surface area contributed by atoms with Gasteiger partial charge in [0.2, 0.25) is 0 Å². The molecular weight excluding hydrogens is 235 g/mol. The van der Waals surface area contributed by atoms with Crippen molar-refractivity contribution in [3.05, 3.63) is 12.2 Å². The maximum atomic E-state index is 5.57. The lowest BCUT2D eigenvalue weighted by Crippen LogP contribution is -1.79. The molecule has 0 aromatic rings. The number of allylic oxidation sites excluding steroid dienone is 2. The average molecular weight is 254 g/mol. The smallest absolute Gasteiger partial charge is 0.0223 e. The Balaban J connectivity index is 2.86. The summed E-state index contributed by atoms with van der Waals surface area (Å²) in [5.74, 6) is 0.823. The number of hydrogen-bond acceptors (Lipinski definition) is 0. The molecule has 0 heterocycles. The summed E-state index contributed by atoms with van der Waals surface area (Å²) in [7, 11) is 0. The van der Waals surface area contributed by atoms with E-state index < -0.39 is 0 Å². The molecule has 72 valence electrons. The second kappa shape index (κ2) is 11.5. The number of halogens is 2. The Kier molecular flexibility index (Phi) is 12.0. The fraction of sp³-hybridized carbons (Fsp3) is 0.800. The Labute approximate surface area is 89.5 Å². The highest BCUT2D eigenvalue weighted by atomic mass is 79.9. The fourth-order valence-electron chi connectivity index (χ4n) is 1.07. The molecule has 0 fully saturated rings. The topological polar surface area (TPSA) is 0 Å². The van der Waals surface area contributed by atoms with Crippen LogP contribution in [0.25, 0.3) is 0 Å². The maximum Gasteiger partial charge on any atom is 0.0223 e. The quantitative estimate of drug-likeness (QED) is 0.339. The molecular formula is C10H18BrCl. The summed E-state index contributed by atoms with van der Waals surface area (Å²) in [5.41, 5.74) is 0. The lowest BCUT2D eigenvalue weighted by Gasteiger charge is -1.96. The highest BCUT2D eigenvalue weighted by molar-refractivity contribution is 9.09. The summed E-state index contributed by atoms with van der Waals surface area (Å²) < 4.78 is 0. The molecule has 0 aromatic heterocycles. The molecule has 0 aliphatic heterocycles. The lowest BCUT2D eigenvalue weighted by atomic mass is 10.1. The van der Waals surface area contributed by atoms with E-state index in [1.807, 2.05) is 0 Å². The Morgan fingerprint density at radius 2 is 1.58 bits per heavy atom. The summed E-state index contributed by atoms with van der Waals surface area (Å²) >= 11 is 8.92. The molecule has 0 N–H and O–H groups in total. The van der Waals surface area contributed by atoms with Crippen LogP contribution in [0.5, 0.6) is 0 Å². The average Bonchev–Trinajstić information content (AvgIpc) is 2.10. The SMILES string of the molecule is ClCCCCCCCC=CCBr. The number of alkyl halides is 2. The van der Waals surface area contributed by atoms with Crippen LogP contribution in [0.4, 0.5) is 0 Å². The van der Waals surface area contributed by atoms with Gasteiger partial charge in [0, 0.05) is 11.2 Å². The third-order valence-electron chi connectivity index (χ3n) is 1.76. The zero-order chi connectivity index (χ0) is 9.07. The molecule has 0 aromatic carbocycles. The van der Waals surface area contributed by atoms with Crippen LogP contribution in [0, 0.1) is 0 Å². The Morgan fingerprint density at radius 3 is 2.25 bits per heavy atom. The third-order valence-corrected chi connectivity index (χ3v) is 2.40. The van der Waals surface area contributed by atoms with E-state index in [1.165, 1.54) is 38.5 Å². The van der Waals surface area contributed by atoms with E-state index >= 15 is 0 Å². The van der Waals surface area contributed by atoms with Gasteiger partial charge in [-0.15, -0.1) is 11.6 Å². The van der Waals surface area contributed by atoms with Gasteiger partial charge in [-0.3, -0.25) is 0 Å². The molecule has 0 rings (SSSR count). The zero-order valence-electron chi connectivity index (χ0n) is 7.57. The highest BCUT2D eigenvalue weighted by Gasteiger charge is 1.87. The summed E-state index contributed by atoms with van der Waals surface area (Å²) in [6, 6.07) is 0. The first-order valence-corrected chi connectivity index (χ1v) is 6.34. The second-order valence-electron chi connectivity index (χ2n) is 2.87. The van der Waals surface area contributed by atoms with Crippen LogP contribution in [0.3, 0.4) is 0 Å². The predicted octanol–water partition coefficient (Wildman–Crippen LogP) is 4.52. The van der Waals surface area contributed by atoms with Crippen molar-refractivity contribution in [1.82, 2.24) is 0 Å². The predicted molar refractivity (Wildman–Crippen MR) is 61.4 cm³/mol. The van der Waals surface area contributed by atoms with Gasteiger partial charge in [0.1, 0.15) is 0 Å². The minimum Gasteiger partial charge on any atom is -0.127 e. The first kappa shape index (κ1) is 12.5. The largest absolute Gasteiger partial charge is 0.127 e. The molecule has 12 heavy (non-hydrogen) atoms. The third kappa shape index (κ3) is 10.5. The van der Waals surface area contributed by atoms with E-state index in [9.17, 15) is 0 Å². The number of hydrogen-bond donors (Lipinski definition) is 0. The number of unbranched alkanes of at least 4 members (excludes halogenated alkanes) is 5. The van der Waals surface area contributed by atoms with E-state index in [1.54, 1.807) is 0 Å². The summed E-state index contributed by atoms with van der Waals surface area (Å²) in [6.45, 7) is 0. The summed E-state index contributed by atoms with van der Waals surface area (Å²) in [5, 5.41) is 0.985. The Hall–Kier alpha value is 0.510. The van der Waals surface area contributed by atoms with Gasteiger partial charge in [0.25, 0.3) is 0 Å². The van der Waals surface area contributed by atoms with Crippen molar-refractivity contribution in [2.24, 2.45) is 0 Å². The Bertz CT molecular complexity index is 102. The van der Waals surface area contributed by atoms with Crippen LogP contribution in [0.15, 0.2) is 12.2 Å².